The minimum atomic E-state index is -0.768. The molecule has 0 atom stereocenters. The van der Waals surface area contributed by atoms with Gasteiger partial charge in [0.1, 0.15) is 18.1 Å². The van der Waals surface area contributed by atoms with Gasteiger partial charge in [-0.15, -0.1) is 0 Å². The van der Waals surface area contributed by atoms with E-state index in [1.165, 1.54) is 6.21 Å². The molecule has 9 heteroatoms. The van der Waals surface area contributed by atoms with Crippen molar-refractivity contribution in [1.82, 2.24) is 5.43 Å². The van der Waals surface area contributed by atoms with Crippen LogP contribution in [0.4, 0.5) is 5.69 Å². The minimum Gasteiger partial charge on any atom is -0.507 e. The van der Waals surface area contributed by atoms with Crippen molar-refractivity contribution in [2.45, 2.75) is 6.61 Å². The van der Waals surface area contributed by atoms with Gasteiger partial charge in [0.25, 0.3) is 11.6 Å². The molecule has 0 saturated carbocycles. The number of halogens is 1. The normalized spacial score (nSPS) is 10.7. The average Bonchev–Trinajstić information content (AvgIpc) is 2.74. The van der Waals surface area contributed by atoms with E-state index in [2.05, 4.69) is 10.5 Å². The SMILES string of the molecule is O=C(N/N=C\c1ccc(OCc2ccc(Cl)cc2)cc1)c1cc([N+](=O)[O-])ccc1O. The number of hydrogen-bond acceptors (Lipinski definition) is 6. The molecular weight excluding hydrogens is 410 g/mol. The lowest BCUT2D eigenvalue weighted by atomic mass is 10.1. The molecule has 0 aliphatic carbocycles. The maximum Gasteiger partial charge on any atom is 0.275 e. The molecule has 30 heavy (non-hydrogen) atoms. The average molecular weight is 426 g/mol. The molecule has 2 N–H and O–H groups in total. The van der Waals surface area contributed by atoms with Crippen molar-refractivity contribution in [2.24, 2.45) is 5.10 Å². The van der Waals surface area contributed by atoms with Crippen LogP contribution in [0.2, 0.25) is 5.02 Å². The van der Waals surface area contributed by atoms with Gasteiger partial charge >= 0.3 is 0 Å². The van der Waals surface area contributed by atoms with Gasteiger partial charge in [0, 0.05) is 17.2 Å². The van der Waals surface area contributed by atoms with E-state index in [0.717, 1.165) is 23.8 Å². The zero-order chi connectivity index (χ0) is 21.5. The van der Waals surface area contributed by atoms with E-state index in [-0.39, 0.29) is 17.0 Å². The number of nitrogens with zero attached hydrogens (tertiary/aromatic N) is 2. The number of nitro benzene ring substituents is 1. The van der Waals surface area contributed by atoms with Crippen LogP contribution in [0, 0.1) is 10.1 Å². The first-order valence-electron chi connectivity index (χ1n) is 8.70. The molecule has 0 heterocycles. The zero-order valence-corrected chi connectivity index (χ0v) is 16.2. The molecule has 0 bridgehead atoms. The number of hydrazone groups is 1. The Hall–Kier alpha value is -3.91. The highest BCUT2D eigenvalue weighted by molar-refractivity contribution is 6.30. The predicted molar refractivity (Wildman–Crippen MR) is 112 cm³/mol. The number of hydrogen-bond donors (Lipinski definition) is 2. The van der Waals surface area contributed by atoms with Gasteiger partial charge in [-0.25, -0.2) is 5.43 Å². The Labute approximate surface area is 176 Å². The van der Waals surface area contributed by atoms with Crippen LogP contribution < -0.4 is 10.2 Å². The summed E-state index contributed by atoms with van der Waals surface area (Å²) in [6.07, 6.45) is 1.40. The summed E-state index contributed by atoms with van der Waals surface area (Å²) in [5, 5.41) is 25.0. The first kappa shape index (κ1) is 20.8. The quantitative estimate of drug-likeness (QED) is 0.333. The van der Waals surface area contributed by atoms with E-state index in [1.54, 1.807) is 36.4 Å². The van der Waals surface area contributed by atoms with E-state index in [0.29, 0.717) is 22.9 Å². The van der Waals surface area contributed by atoms with E-state index in [4.69, 9.17) is 16.3 Å². The van der Waals surface area contributed by atoms with Crippen LogP contribution in [-0.4, -0.2) is 22.2 Å². The second kappa shape index (κ2) is 9.53. The summed E-state index contributed by atoms with van der Waals surface area (Å²) in [6.45, 7) is 0.396. The van der Waals surface area contributed by atoms with Gasteiger partial charge in [0.15, 0.2) is 0 Å². The lowest BCUT2D eigenvalue weighted by Gasteiger charge is -2.06. The molecule has 0 aromatic heterocycles. The third kappa shape index (κ3) is 5.55. The van der Waals surface area contributed by atoms with Crippen LogP contribution in [0.25, 0.3) is 0 Å². The highest BCUT2D eigenvalue weighted by atomic mass is 35.5. The minimum absolute atomic E-state index is 0.243. The lowest BCUT2D eigenvalue weighted by Crippen LogP contribution is -2.18. The number of rotatable bonds is 7. The number of ether oxygens (including phenoxy) is 1. The Balaban J connectivity index is 1.56. The van der Waals surface area contributed by atoms with Crippen LogP contribution in [-0.2, 0) is 6.61 Å². The predicted octanol–water partition coefficient (Wildman–Crippen LogP) is 4.30. The number of carbonyl (C=O) groups is 1. The van der Waals surface area contributed by atoms with Crippen LogP contribution in [0.3, 0.4) is 0 Å². The molecule has 0 fully saturated rings. The van der Waals surface area contributed by atoms with E-state index >= 15 is 0 Å². The Bertz CT molecular complexity index is 1080. The van der Waals surface area contributed by atoms with Gasteiger partial charge < -0.3 is 9.84 Å². The largest absolute Gasteiger partial charge is 0.507 e. The Kier molecular flexibility index (Phi) is 6.61. The smallest absolute Gasteiger partial charge is 0.275 e. The van der Waals surface area contributed by atoms with Crippen molar-refractivity contribution in [1.29, 1.82) is 0 Å². The number of nitro groups is 1. The summed E-state index contributed by atoms with van der Waals surface area (Å²) < 4.78 is 5.69. The third-order valence-electron chi connectivity index (χ3n) is 4.01. The first-order valence-corrected chi connectivity index (χ1v) is 9.08. The number of non-ortho nitro benzene ring substituents is 1. The van der Waals surface area contributed by atoms with E-state index in [1.807, 2.05) is 12.1 Å². The van der Waals surface area contributed by atoms with Crippen molar-refractivity contribution in [2.75, 3.05) is 0 Å². The fraction of sp³-hybridized carbons (Fsp3) is 0.0476. The third-order valence-corrected chi connectivity index (χ3v) is 4.27. The molecule has 0 aliphatic heterocycles. The Morgan fingerprint density at radius 1 is 1.13 bits per heavy atom. The molecule has 3 aromatic carbocycles. The Morgan fingerprint density at radius 3 is 2.50 bits per heavy atom. The molecular formula is C21H16ClN3O5. The topological polar surface area (TPSA) is 114 Å². The fourth-order valence-corrected chi connectivity index (χ4v) is 2.57. The number of phenols is 1. The molecule has 0 aliphatic rings. The molecule has 152 valence electrons. The van der Waals surface area contributed by atoms with Crippen molar-refractivity contribution >= 4 is 29.4 Å². The monoisotopic (exact) mass is 425 g/mol. The van der Waals surface area contributed by atoms with E-state index in [9.17, 15) is 20.0 Å². The number of benzene rings is 3. The van der Waals surface area contributed by atoms with Crippen molar-refractivity contribution in [3.8, 4) is 11.5 Å². The van der Waals surface area contributed by atoms with Gasteiger partial charge in [-0.05, 0) is 53.6 Å². The summed E-state index contributed by atoms with van der Waals surface area (Å²) in [5.74, 6) is -0.487. The van der Waals surface area contributed by atoms with Crippen LogP contribution in [0.1, 0.15) is 21.5 Å². The van der Waals surface area contributed by atoms with Gasteiger partial charge in [-0.3, -0.25) is 14.9 Å². The highest BCUT2D eigenvalue weighted by Gasteiger charge is 2.16. The fourth-order valence-electron chi connectivity index (χ4n) is 2.44. The van der Waals surface area contributed by atoms with Gasteiger partial charge in [0.05, 0.1) is 16.7 Å². The van der Waals surface area contributed by atoms with Crippen LogP contribution >= 0.6 is 11.6 Å². The summed E-state index contributed by atoms with van der Waals surface area (Å²) in [4.78, 5) is 22.2. The molecule has 0 radical (unpaired) electrons. The number of amides is 1. The second-order valence-corrected chi connectivity index (χ2v) is 6.58. The summed E-state index contributed by atoms with van der Waals surface area (Å²) in [6, 6.07) is 17.5. The van der Waals surface area contributed by atoms with Crippen molar-refractivity contribution in [3.63, 3.8) is 0 Å². The first-order chi connectivity index (χ1) is 14.4. The standard InChI is InChI=1S/C21H16ClN3O5/c22-16-5-1-15(2-6-16)13-30-18-8-3-14(4-9-18)12-23-24-21(27)19-11-17(25(28)29)7-10-20(19)26/h1-12,26H,13H2,(H,24,27)/b23-12-. The molecule has 0 saturated heterocycles. The second-order valence-electron chi connectivity index (χ2n) is 6.14. The van der Waals surface area contributed by atoms with Gasteiger partial charge in [-0.1, -0.05) is 23.7 Å². The van der Waals surface area contributed by atoms with Gasteiger partial charge in [0.2, 0.25) is 0 Å². The molecule has 3 aromatic rings. The Morgan fingerprint density at radius 2 is 1.83 bits per heavy atom. The molecule has 0 spiro atoms. The number of carbonyl (C=O) groups excluding carboxylic acids is 1. The maximum atomic E-state index is 12.1. The summed E-state index contributed by atoms with van der Waals surface area (Å²) in [5.41, 5.74) is 3.35. The van der Waals surface area contributed by atoms with Crippen molar-refractivity contribution in [3.05, 3.63) is 98.6 Å². The molecule has 3 rings (SSSR count). The maximum absolute atomic E-state index is 12.1. The number of aromatic hydroxyl groups is 1. The zero-order valence-electron chi connectivity index (χ0n) is 15.5. The van der Waals surface area contributed by atoms with E-state index < -0.39 is 10.8 Å². The summed E-state index contributed by atoms with van der Waals surface area (Å²) in [7, 11) is 0. The van der Waals surface area contributed by atoms with Crippen LogP contribution in [0.15, 0.2) is 71.8 Å². The molecule has 1 amide bonds. The number of nitrogens with one attached hydrogen (secondary N) is 1. The summed E-state index contributed by atoms with van der Waals surface area (Å²) >= 11 is 5.85. The van der Waals surface area contributed by atoms with Crippen LogP contribution in [0.5, 0.6) is 11.5 Å². The van der Waals surface area contributed by atoms with Gasteiger partial charge in [-0.2, -0.15) is 5.10 Å². The number of phenolic OH excluding ortho intramolecular Hbond substituents is 1. The highest BCUT2D eigenvalue weighted by Crippen LogP contribution is 2.22. The lowest BCUT2D eigenvalue weighted by molar-refractivity contribution is -0.384. The molecule has 0 unspecified atom stereocenters. The van der Waals surface area contributed by atoms with Crippen molar-refractivity contribution < 1.29 is 19.6 Å². The molecule has 8 nitrogen and oxygen atoms in total.